The fraction of sp³-hybridized carbons (Fsp3) is 0.765. The van der Waals surface area contributed by atoms with Gasteiger partial charge >= 0.3 is 13.5 Å². The van der Waals surface area contributed by atoms with E-state index in [9.17, 15) is 14.3 Å². The first-order chi connectivity index (χ1) is 14.9. The van der Waals surface area contributed by atoms with Gasteiger partial charge in [0.25, 0.3) is 0 Å². The molecule has 3 N–H and O–H groups in total. The van der Waals surface area contributed by atoms with Crippen molar-refractivity contribution >= 4 is 22.7 Å². The summed E-state index contributed by atoms with van der Waals surface area (Å²) < 4.78 is 39.6. The molecule has 12 nitrogen and oxygen atoms in total. The van der Waals surface area contributed by atoms with E-state index in [1.54, 1.807) is 0 Å². The number of phosphoric ester groups is 1. The lowest BCUT2D eigenvalue weighted by molar-refractivity contribution is -0.274. The molecule has 0 spiro atoms. The average Bonchev–Trinajstić information content (AvgIpc) is 3.09. The molecule has 1 aromatic heterocycles. The molecule has 2 heterocycles. The zero-order valence-corrected chi connectivity index (χ0v) is 19.6. The molecule has 0 amide bonds. The van der Waals surface area contributed by atoms with Crippen LogP contribution in [0, 0.1) is 0 Å². The number of nitrogen functional groups attached to an aromatic ring is 1. The number of anilines is 1. The molecule has 1 fully saturated rings. The molecular formula is C17H31N3O9P2. The lowest BCUT2D eigenvalue weighted by Crippen LogP contribution is -2.27. The van der Waals surface area contributed by atoms with Crippen LogP contribution in [0.5, 0.6) is 0 Å². The first-order valence-corrected chi connectivity index (χ1v) is 12.5. The van der Waals surface area contributed by atoms with Crippen LogP contribution in [0.1, 0.15) is 58.6 Å². The van der Waals surface area contributed by atoms with Crippen LogP contribution in [0.3, 0.4) is 0 Å². The topological polar surface area (TPSA) is 154 Å². The number of hydrogen-bond donors (Lipinski definition) is 2. The maximum absolute atomic E-state index is 12.3. The normalized spacial score (nSPS) is 23.5. The van der Waals surface area contributed by atoms with E-state index in [1.807, 2.05) is 13.8 Å². The van der Waals surface area contributed by atoms with Crippen molar-refractivity contribution in [2.75, 3.05) is 18.9 Å². The zero-order chi connectivity index (χ0) is 22.7. The molecular weight excluding hydrogens is 452 g/mol. The Bertz CT molecular complexity index is 767. The summed E-state index contributed by atoms with van der Waals surface area (Å²) in [5.41, 5.74) is 4.87. The van der Waals surface area contributed by atoms with E-state index in [4.69, 9.17) is 33.6 Å². The molecule has 0 bridgehead atoms. The quantitative estimate of drug-likeness (QED) is 0.164. The van der Waals surface area contributed by atoms with E-state index in [2.05, 4.69) is 4.98 Å². The molecule has 178 valence electrons. The highest BCUT2D eigenvalue weighted by atomic mass is 31.2. The van der Waals surface area contributed by atoms with E-state index < -0.39 is 41.2 Å². The minimum absolute atomic E-state index is 0.0633. The Hall–Kier alpha value is -0.940. The predicted molar refractivity (Wildman–Crippen MR) is 113 cm³/mol. The molecule has 1 aromatic rings. The second-order valence-electron chi connectivity index (χ2n) is 6.85. The van der Waals surface area contributed by atoms with Gasteiger partial charge in [0.15, 0.2) is 9.03 Å². The Morgan fingerprint density at radius 3 is 2.81 bits per heavy atom. The number of nitrogens with two attached hydrogens (primary N) is 1. The Labute approximate surface area is 182 Å². The number of nitrogens with zero attached hydrogens (tertiary/aromatic N) is 2. The van der Waals surface area contributed by atoms with Crippen molar-refractivity contribution < 1.29 is 37.3 Å². The molecule has 0 aromatic carbocycles. The third-order valence-electron chi connectivity index (χ3n) is 4.29. The number of hydrogen-bond acceptors (Lipinski definition) is 10. The van der Waals surface area contributed by atoms with E-state index in [0.717, 1.165) is 25.7 Å². The van der Waals surface area contributed by atoms with Gasteiger partial charge in [0, 0.05) is 12.6 Å². The van der Waals surface area contributed by atoms with Crippen molar-refractivity contribution in [1.29, 1.82) is 0 Å². The van der Waals surface area contributed by atoms with Gasteiger partial charge in [-0.1, -0.05) is 33.1 Å². The zero-order valence-electron chi connectivity index (χ0n) is 17.7. The summed E-state index contributed by atoms with van der Waals surface area (Å²) in [6, 6.07) is 1.43. The van der Waals surface area contributed by atoms with Gasteiger partial charge in [0.2, 0.25) is 6.29 Å². The van der Waals surface area contributed by atoms with Crippen LogP contribution in [0.2, 0.25) is 0 Å². The van der Waals surface area contributed by atoms with Gasteiger partial charge in [0.05, 0.1) is 13.2 Å². The third-order valence-corrected chi connectivity index (χ3v) is 5.76. The van der Waals surface area contributed by atoms with Gasteiger partial charge in [-0.15, -0.1) is 0 Å². The standard InChI is InChI=1S/C17H31N3O9P2/c1-3-5-7-11-25-31(22,23)28-16-13(27-29-30-24-10-6-4-2)12-15(26-16)20-9-8-14(18)19-17(20)21/h8-9,13,15-16,30H,3-7,10-12H2,1-2H3,(H,22,23)(H2,18,19,21)/t13-,15+,16+/m0/s1. The Balaban J connectivity index is 2.00. The first-order valence-electron chi connectivity index (χ1n) is 10.2. The van der Waals surface area contributed by atoms with Gasteiger partial charge in [-0.25, -0.2) is 14.2 Å². The Morgan fingerprint density at radius 2 is 2.10 bits per heavy atom. The predicted octanol–water partition coefficient (Wildman–Crippen LogP) is 3.04. The molecule has 2 rings (SSSR count). The number of phosphoric acid groups is 1. The second-order valence-corrected chi connectivity index (χ2v) is 8.88. The summed E-state index contributed by atoms with van der Waals surface area (Å²) in [6.07, 6.45) is 2.65. The minimum Gasteiger partial charge on any atom is -0.383 e. The summed E-state index contributed by atoms with van der Waals surface area (Å²) in [6.45, 7) is 4.62. The summed E-state index contributed by atoms with van der Waals surface area (Å²) in [5, 5.41) is 0. The van der Waals surface area contributed by atoms with Crippen molar-refractivity contribution in [3.8, 4) is 0 Å². The SMILES string of the molecule is CCCCCOP(=O)(O)O[C@H]1O[C@@H](n2ccc(N)nc2=O)C[C@@H]1OOPOCCCC. The maximum atomic E-state index is 12.3. The number of rotatable bonds is 15. The summed E-state index contributed by atoms with van der Waals surface area (Å²) in [7, 11) is -4.82. The molecule has 0 aliphatic carbocycles. The molecule has 1 saturated heterocycles. The molecule has 1 aliphatic rings. The van der Waals surface area contributed by atoms with Crippen LogP contribution in [-0.4, -0.2) is 40.1 Å². The third kappa shape index (κ3) is 9.21. The maximum Gasteiger partial charge on any atom is 0.474 e. The van der Waals surface area contributed by atoms with Crippen molar-refractivity contribution in [2.24, 2.45) is 0 Å². The van der Waals surface area contributed by atoms with Gasteiger partial charge in [0.1, 0.15) is 18.1 Å². The number of unbranched alkanes of at least 4 members (excludes halogenated alkanes) is 3. The van der Waals surface area contributed by atoms with E-state index in [1.165, 1.54) is 16.8 Å². The van der Waals surface area contributed by atoms with Gasteiger partial charge < -0.3 is 19.9 Å². The number of aromatic nitrogens is 2. The molecule has 0 radical (unpaired) electrons. The highest BCUT2D eigenvalue weighted by molar-refractivity contribution is 7.47. The molecule has 31 heavy (non-hydrogen) atoms. The van der Waals surface area contributed by atoms with Crippen molar-refractivity contribution in [3.05, 3.63) is 22.7 Å². The highest BCUT2D eigenvalue weighted by Gasteiger charge is 2.43. The van der Waals surface area contributed by atoms with Crippen LogP contribution >= 0.6 is 16.9 Å². The van der Waals surface area contributed by atoms with E-state index >= 15 is 0 Å². The Kier molecular flexibility index (Phi) is 11.5. The summed E-state index contributed by atoms with van der Waals surface area (Å²) >= 11 is 0. The number of ether oxygens (including phenoxy) is 1. The van der Waals surface area contributed by atoms with Crippen molar-refractivity contribution in [2.45, 2.75) is 71.0 Å². The van der Waals surface area contributed by atoms with Crippen LogP contribution in [0.15, 0.2) is 17.1 Å². The van der Waals surface area contributed by atoms with Gasteiger partial charge in [-0.2, -0.15) is 9.66 Å². The monoisotopic (exact) mass is 483 g/mol. The van der Waals surface area contributed by atoms with Crippen molar-refractivity contribution in [3.63, 3.8) is 0 Å². The smallest absolute Gasteiger partial charge is 0.383 e. The Morgan fingerprint density at radius 1 is 1.32 bits per heavy atom. The molecule has 14 heteroatoms. The lowest BCUT2D eigenvalue weighted by Gasteiger charge is -2.21. The van der Waals surface area contributed by atoms with E-state index in [-0.39, 0.29) is 18.8 Å². The largest absolute Gasteiger partial charge is 0.474 e. The van der Waals surface area contributed by atoms with Crippen LogP contribution in [0.4, 0.5) is 5.82 Å². The lowest BCUT2D eigenvalue weighted by atomic mass is 10.2. The van der Waals surface area contributed by atoms with Crippen LogP contribution < -0.4 is 11.4 Å². The molecule has 2 unspecified atom stereocenters. The molecule has 5 atom stereocenters. The highest BCUT2D eigenvalue weighted by Crippen LogP contribution is 2.48. The van der Waals surface area contributed by atoms with Crippen LogP contribution in [0.25, 0.3) is 0 Å². The minimum atomic E-state index is -4.42. The molecule has 0 saturated carbocycles. The average molecular weight is 483 g/mol. The van der Waals surface area contributed by atoms with Gasteiger partial charge in [-0.05, 0) is 18.9 Å². The first kappa shape index (κ1) is 26.3. The molecule has 1 aliphatic heterocycles. The second kappa shape index (κ2) is 13.6. The van der Waals surface area contributed by atoms with Gasteiger partial charge in [-0.3, -0.25) is 13.6 Å². The van der Waals surface area contributed by atoms with Crippen LogP contribution in [-0.2, 0) is 32.4 Å². The summed E-state index contributed by atoms with van der Waals surface area (Å²) in [5.74, 6) is 0.0638. The fourth-order valence-electron chi connectivity index (χ4n) is 2.67. The summed E-state index contributed by atoms with van der Waals surface area (Å²) in [4.78, 5) is 31.1. The van der Waals surface area contributed by atoms with Crippen molar-refractivity contribution in [1.82, 2.24) is 9.55 Å². The fourth-order valence-corrected chi connectivity index (χ4v) is 3.97. The van der Waals surface area contributed by atoms with E-state index in [0.29, 0.717) is 13.0 Å².